The van der Waals surface area contributed by atoms with Crippen molar-refractivity contribution in [2.75, 3.05) is 0 Å². The van der Waals surface area contributed by atoms with Crippen LogP contribution in [0.25, 0.3) is 0 Å². The van der Waals surface area contributed by atoms with Gasteiger partial charge in [-0.05, 0) is 37.6 Å². The average molecular weight is 293 g/mol. The summed E-state index contributed by atoms with van der Waals surface area (Å²) in [5.74, 6) is -2.74. The smallest absolute Gasteiger partial charge is 0.254 e. The van der Waals surface area contributed by atoms with E-state index in [2.05, 4.69) is 5.32 Å². The number of hydrogen-bond acceptors (Lipinski definition) is 1. The van der Waals surface area contributed by atoms with Crippen LogP contribution in [0, 0.1) is 24.4 Å². The van der Waals surface area contributed by atoms with E-state index in [0.29, 0.717) is 5.56 Å². The zero-order chi connectivity index (χ0) is 15.6. The van der Waals surface area contributed by atoms with Crippen LogP contribution in [0.4, 0.5) is 13.2 Å². The van der Waals surface area contributed by atoms with Crippen LogP contribution in [0.15, 0.2) is 36.4 Å². The summed E-state index contributed by atoms with van der Waals surface area (Å²) in [7, 11) is 0. The molecule has 0 spiro atoms. The van der Waals surface area contributed by atoms with Gasteiger partial charge in [0, 0.05) is 11.6 Å². The van der Waals surface area contributed by atoms with E-state index in [1.807, 2.05) is 0 Å². The first kappa shape index (κ1) is 15.1. The van der Waals surface area contributed by atoms with E-state index in [4.69, 9.17) is 0 Å². The Balaban J connectivity index is 2.18. The van der Waals surface area contributed by atoms with Crippen molar-refractivity contribution < 1.29 is 18.0 Å². The summed E-state index contributed by atoms with van der Waals surface area (Å²) in [4.78, 5) is 12.0. The van der Waals surface area contributed by atoms with Crippen LogP contribution < -0.4 is 5.32 Å². The third-order valence-corrected chi connectivity index (χ3v) is 3.15. The van der Waals surface area contributed by atoms with Gasteiger partial charge < -0.3 is 5.32 Å². The minimum atomic E-state index is -0.757. The molecule has 1 atom stereocenters. The van der Waals surface area contributed by atoms with Crippen molar-refractivity contribution in [3.05, 3.63) is 70.5 Å². The monoisotopic (exact) mass is 293 g/mol. The van der Waals surface area contributed by atoms with Gasteiger partial charge in [0.2, 0.25) is 0 Å². The molecule has 0 heterocycles. The molecule has 1 amide bonds. The van der Waals surface area contributed by atoms with Gasteiger partial charge in [0.25, 0.3) is 5.91 Å². The van der Waals surface area contributed by atoms with E-state index >= 15 is 0 Å². The van der Waals surface area contributed by atoms with Crippen LogP contribution in [0.2, 0.25) is 0 Å². The summed E-state index contributed by atoms with van der Waals surface area (Å²) >= 11 is 0. The van der Waals surface area contributed by atoms with Gasteiger partial charge >= 0.3 is 0 Å². The van der Waals surface area contributed by atoms with E-state index in [1.54, 1.807) is 19.9 Å². The standard InChI is InChI=1S/C16H14F3NO/c1-9-3-5-13(14(18)7-9)16(21)20-10(2)12-6-4-11(17)8-15(12)19/h3-8,10H,1-2H3,(H,20,21). The van der Waals surface area contributed by atoms with Crippen molar-refractivity contribution in [3.63, 3.8) is 0 Å². The first-order valence-corrected chi connectivity index (χ1v) is 6.40. The van der Waals surface area contributed by atoms with Crippen molar-refractivity contribution in [1.29, 1.82) is 0 Å². The van der Waals surface area contributed by atoms with E-state index in [1.165, 1.54) is 18.2 Å². The number of halogens is 3. The molecule has 0 aliphatic rings. The molecule has 0 saturated carbocycles. The zero-order valence-corrected chi connectivity index (χ0v) is 11.6. The summed E-state index contributed by atoms with van der Waals surface area (Å²) < 4.78 is 40.2. The molecule has 0 bridgehead atoms. The second-order valence-electron chi connectivity index (χ2n) is 4.84. The van der Waals surface area contributed by atoms with E-state index in [0.717, 1.165) is 12.1 Å². The summed E-state index contributed by atoms with van der Waals surface area (Å²) in [6.45, 7) is 3.25. The lowest BCUT2D eigenvalue weighted by Gasteiger charge is -2.15. The quantitative estimate of drug-likeness (QED) is 0.913. The molecule has 0 aliphatic carbocycles. The van der Waals surface area contributed by atoms with E-state index < -0.39 is 29.4 Å². The van der Waals surface area contributed by atoms with Gasteiger partial charge in [-0.1, -0.05) is 12.1 Å². The van der Waals surface area contributed by atoms with Gasteiger partial charge in [-0.15, -0.1) is 0 Å². The van der Waals surface area contributed by atoms with Crippen molar-refractivity contribution in [1.82, 2.24) is 5.32 Å². The Bertz CT molecular complexity index is 685. The molecule has 0 fully saturated rings. The Hall–Kier alpha value is -2.30. The molecule has 110 valence electrons. The lowest BCUT2D eigenvalue weighted by atomic mass is 10.1. The van der Waals surface area contributed by atoms with Gasteiger partial charge in [-0.25, -0.2) is 13.2 Å². The van der Waals surface area contributed by atoms with Crippen molar-refractivity contribution in [3.8, 4) is 0 Å². The molecular formula is C16H14F3NO. The predicted molar refractivity (Wildman–Crippen MR) is 73.4 cm³/mol. The Morgan fingerprint density at radius 3 is 2.38 bits per heavy atom. The van der Waals surface area contributed by atoms with E-state index in [9.17, 15) is 18.0 Å². The summed E-state index contributed by atoms with van der Waals surface area (Å²) in [5.41, 5.74) is 0.717. The number of nitrogens with one attached hydrogen (secondary N) is 1. The van der Waals surface area contributed by atoms with E-state index in [-0.39, 0.29) is 11.1 Å². The third-order valence-electron chi connectivity index (χ3n) is 3.15. The normalized spacial score (nSPS) is 12.0. The summed E-state index contributed by atoms with van der Waals surface area (Å²) in [6, 6.07) is 6.62. The van der Waals surface area contributed by atoms with Crippen LogP contribution >= 0.6 is 0 Å². The van der Waals surface area contributed by atoms with Crippen LogP contribution in [-0.4, -0.2) is 5.91 Å². The lowest BCUT2D eigenvalue weighted by molar-refractivity contribution is 0.0935. The first-order valence-electron chi connectivity index (χ1n) is 6.40. The molecule has 1 unspecified atom stereocenters. The molecule has 2 rings (SSSR count). The first-order chi connectivity index (χ1) is 9.88. The van der Waals surface area contributed by atoms with Crippen molar-refractivity contribution in [2.24, 2.45) is 0 Å². The number of rotatable bonds is 3. The number of amides is 1. The molecule has 0 radical (unpaired) electrons. The Labute approximate surface area is 120 Å². The largest absolute Gasteiger partial charge is 0.345 e. The molecule has 2 nitrogen and oxygen atoms in total. The van der Waals surface area contributed by atoms with Crippen LogP contribution in [0.5, 0.6) is 0 Å². The Morgan fingerprint density at radius 1 is 1.05 bits per heavy atom. The van der Waals surface area contributed by atoms with Crippen molar-refractivity contribution >= 4 is 5.91 Å². The number of carbonyl (C=O) groups excluding carboxylic acids is 1. The van der Waals surface area contributed by atoms with Gasteiger partial charge in [0.05, 0.1) is 11.6 Å². The molecule has 0 saturated heterocycles. The minimum Gasteiger partial charge on any atom is -0.345 e. The highest BCUT2D eigenvalue weighted by Gasteiger charge is 2.17. The van der Waals surface area contributed by atoms with Gasteiger partial charge in [-0.3, -0.25) is 4.79 Å². The average Bonchev–Trinajstić information content (AvgIpc) is 2.37. The Morgan fingerprint density at radius 2 is 1.76 bits per heavy atom. The molecule has 2 aromatic carbocycles. The topological polar surface area (TPSA) is 29.1 Å². The fraction of sp³-hybridized carbons (Fsp3) is 0.188. The van der Waals surface area contributed by atoms with Gasteiger partial charge in [-0.2, -0.15) is 0 Å². The summed E-state index contributed by atoms with van der Waals surface area (Å²) in [6.07, 6.45) is 0. The maximum atomic E-state index is 13.7. The zero-order valence-electron chi connectivity index (χ0n) is 11.6. The molecule has 2 aromatic rings. The summed E-state index contributed by atoms with van der Waals surface area (Å²) in [5, 5.41) is 2.49. The maximum absolute atomic E-state index is 13.7. The van der Waals surface area contributed by atoms with Crippen LogP contribution in [-0.2, 0) is 0 Å². The fourth-order valence-electron chi connectivity index (χ4n) is 2.01. The molecule has 1 N–H and O–H groups in total. The molecular weight excluding hydrogens is 279 g/mol. The number of hydrogen-bond donors (Lipinski definition) is 1. The fourth-order valence-corrected chi connectivity index (χ4v) is 2.01. The van der Waals surface area contributed by atoms with Crippen LogP contribution in [0.1, 0.15) is 34.5 Å². The Kier molecular flexibility index (Phi) is 4.31. The number of carbonyl (C=O) groups is 1. The molecule has 21 heavy (non-hydrogen) atoms. The highest BCUT2D eigenvalue weighted by atomic mass is 19.1. The minimum absolute atomic E-state index is 0.116. The SMILES string of the molecule is Cc1ccc(C(=O)NC(C)c2ccc(F)cc2F)c(F)c1. The van der Waals surface area contributed by atoms with Gasteiger partial charge in [0.15, 0.2) is 0 Å². The second kappa shape index (κ2) is 5.99. The van der Waals surface area contributed by atoms with Crippen molar-refractivity contribution in [2.45, 2.75) is 19.9 Å². The van der Waals surface area contributed by atoms with Crippen LogP contribution in [0.3, 0.4) is 0 Å². The highest BCUT2D eigenvalue weighted by Crippen LogP contribution is 2.19. The number of aryl methyl sites for hydroxylation is 1. The second-order valence-corrected chi connectivity index (χ2v) is 4.84. The molecule has 0 aromatic heterocycles. The molecule has 0 aliphatic heterocycles. The molecule has 5 heteroatoms. The maximum Gasteiger partial charge on any atom is 0.254 e. The van der Waals surface area contributed by atoms with Gasteiger partial charge in [0.1, 0.15) is 17.5 Å². The predicted octanol–water partition coefficient (Wildman–Crippen LogP) is 3.90. The third kappa shape index (κ3) is 3.42. The highest BCUT2D eigenvalue weighted by molar-refractivity contribution is 5.94. The number of benzene rings is 2. The lowest BCUT2D eigenvalue weighted by Crippen LogP contribution is -2.28.